The normalized spacial score (nSPS) is 11.7. The van der Waals surface area contributed by atoms with E-state index in [4.69, 9.17) is 13.8 Å². The number of benzene rings is 8. The van der Waals surface area contributed by atoms with E-state index in [1.807, 2.05) is 18.2 Å². The summed E-state index contributed by atoms with van der Waals surface area (Å²) in [5, 5.41) is 5.37. The third-order valence-corrected chi connectivity index (χ3v) is 11.4. The Balaban J connectivity index is 1.02. The summed E-state index contributed by atoms with van der Waals surface area (Å²) >= 11 is 1.72. The lowest BCUT2D eigenvalue weighted by Crippen LogP contribution is -2.10. The summed E-state index contributed by atoms with van der Waals surface area (Å²) in [5.41, 5.74) is 13.3. The highest BCUT2D eigenvalue weighted by atomic mass is 32.1. The summed E-state index contributed by atoms with van der Waals surface area (Å²) in [4.78, 5) is 7.43. The van der Waals surface area contributed by atoms with Gasteiger partial charge in [0.25, 0.3) is 0 Å². The van der Waals surface area contributed by atoms with Crippen molar-refractivity contribution in [1.82, 2.24) is 4.98 Å². The summed E-state index contributed by atoms with van der Waals surface area (Å²) in [6, 6.07) is 63.8. The fourth-order valence-corrected chi connectivity index (χ4v) is 8.68. The second kappa shape index (κ2) is 12.3. The monoisotopic (exact) mass is 710 g/mol. The minimum atomic E-state index is 0.852. The maximum absolute atomic E-state index is 6.36. The fraction of sp³-hybridized carbons (Fsp3) is 0. The van der Waals surface area contributed by atoms with Crippen LogP contribution in [0.3, 0.4) is 0 Å². The molecule has 254 valence electrons. The lowest BCUT2D eigenvalue weighted by molar-refractivity contribution is 0.668. The highest BCUT2D eigenvalue weighted by Crippen LogP contribution is 2.42. The number of furan rings is 2. The summed E-state index contributed by atoms with van der Waals surface area (Å²) in [6.45, 7) is 0. The van der Waals surface area contributed by atoms with Gasteiger partial charge in [0.1, 0.15) is 27.3 Å². The Labute approximate surface area is 314 Å². The van der Waals surface area contributed by atoms with Crippen molar-refractivity contribution < 1.29 is 8.83 Å². The largest absolute Gasteiger partial charge is 0.456 e. The maximum Gasteiger partial charge on any atom is 0.137 e. The van der Waals surface area contributed by atoms with E-state index in [1.54, 1.807) is 11.3 Å². The van der Waals surface area contributed by atoms with E-state index in [2.05, 4.69) is 169 Å². The summed E-state index contributed by atoms with van der Waals surface area (Å²) in [7, 11) is 0. The number of hydrogen-bond acceptors (Lipinski definition) is 5. The van der Waals surface area contributed by atoms with Gasteiger partial charge in [0.15, 0.2) is 0 Å². The molecule has 0 saturated heterocycles. The average molecular weight is 711 g/mol. The molecule has 0 aliphatic heterocycles. The summed E-state index contributed by atoms with van der Waals surface area (Å²) in [6.07, 6.45) is 0. The number of aromatic nitrogens is 1. The Kier molecular flexibility index (Phi) is 7.00. The van der Waals surface area contributed by atoms with E-state index in [0.29, 0.717) is 0 Å². The quantitative estimate of drug-likeness (QED) is 0.172. The molecule has 0 unspecified atom stereocenters. The zero-order chi connectivity index (χ0) is 35.6. The van der Waals surface area contributed by atoms with Crippen LogP contribution in [0.5, 0.6) is 0 Å². The number of nitrogens with zero attached hydrogens (tertiary/aromatic N) is 2. The molecule has 8 aromatic carbocycles. The zero-order valence-electron chi connectivity index (χ0n) is 28.9. The van der Waals surface area contributed by atoms with Gasteiger partial charge in [-0.1, -0.05) is 109 Å². The molecule has 0 aliphatic rings. The molecule has 0 fully saturated rings. The first-order chi connectivity index (χ1) is 26.7. The molecule has 54 heavy (non-hydrogen) atoms. The number of fused-ring (bicyclic) bond motifs is 8. The van der Waals surface area contributed by atoms with Crippen LogP contribution in [-0.4, -0.2) is 4.98 Å². The van der Waals surface area contributed by atoms with Crippen molar-refractivity contribution in [2.24, 2.45) is 0 Å². The standard InChI is InChI=1S/C49H30N2O2S/c1-3-10-31(11-4-1)34-14-9-15-37(28-34)51(38-23-24-40-39-16-7-8-17-42(39)53-45(40)30-38)36-21-18-32(19-22-36)35-20-25-43-41(29-35)47-44(52-43)26-27-46-48(47)50-49(54-46)33-12-5-2-6-13-33/h1-30H. The number of thiazole rings is 1. The SMILES string of the molecule is c1ccc(-c2cccc(N(c3ccc(-c4ccc5oc6ccc7sc(-c8ccccc8)nc7c6c5c4)cc3)c3ccc4c(c3)oc3ccccc34)c2)cc1. The van der Waals surface area contributed by atoms with E-state index < -0.39 is 0 Å². The van der Waals surface area contributed by atoms with Gasteiger partial charge in [0, 0.05) is 44.9 Å². The van der Waals surface area contributed by atoms with Crippen molar-refractivity contribution in [3.05, 3.63) is 182 Å². The van der Waals surface area contributed by atoms with Gasteiger partial charge in [-0.2, -0.15) is 0 Å². The molecule has 5 heteroatoms. The molecule has 3 heterocycles. The van der Waals surface area contributed by atoms with Gasteiger partial charge in [-0.25, -0.2) is 4.98 Å². The molecule has 0 spiro atoms. The topological polar surface area (TPSA) is 42.4 Å². The predicted octanol–water partition coefficient (Wildman–Crippen LogP) is 14.6. The first kappa shape index (κ1) is 30.7. The fourth-order valence-electron chi connectivity index (χ4n) is 7.70. The van der Waals surface area contributed by atoms with Gasteiger partial charge in [-0.15, -0.1) is 11.3 Å². The molecule has 0 amide bonds. The molecule has 0 atom stereocenters. The van der Waals surface area contributed by atoms with Crippen molar-refractivity contribution in [1.29, 1.82) is 0 Å². The highest BCUT2D eigenvalue weighted by Gasteiger charge is 2.18. The van der Waals surface area contributed by atoms with Gasteiger partial charge in [-0.3, -0.25) is 0 Å². The maximum atomic E-state index is 6.36. The van der Waals surface area contributed by atoms with Gasteiger partial charge in [0.2, 0.25) is 0 Å². The van der Waals surface area contributed by atoms with Crippen LogP contribution in [0.1, 0.15) is 0 Å². The summed E-state index contributed by atoms with van der Waals surface area (Å²) in [5.74, 6) is 0. The average Bonchev–Trinajstić information content (AvgIpc) is 3.95. The van der Waals surface area contributed by atoms with Crippen LogP contribution in [0.4, 0.5) is 17.1 Å². The number of anilines is 3. The van der Waals surface area contributed by atoms with Gasteiger partial charge in [-0.05, 0) is 89.0 Å². The third-order valence-electron chi connectivity index (χ3n) is 10.3. The smallest absolute Gasteiger partial charge is 0.137 e. The van der Waals surface area contributed by atoms with E-state index >= 15 is 0 Å². The molecule has 4 nitrogen and oxygen atoms in total. The number of hydrogen-bond donors (Lipinski definition) is 0. The van der Waals surface area contributed by atoms with E-state index in [9.17, 15) is 0 Å². The molecular formula is C49H30N2O2S. The van der Waals surface area contributed by atoms with Gasteiger partial charge in [0.05, 0.1) is 15.6 Å². The minimum absolute atomic E-state index is 0.852. The van der Waals surface area contributed by atoms with Crippen LogP contribution in [0, 0.1) is 0 Å². The van der Waals surface area contributed by atoms with Crippen LogP contribution in [0.15, 0.2) is 191 Å². The van der Waals surface area contributed by atoms with E-state index in [-0.39, 0.29) is 0 Å². The number of rotatable bonds is 6. The first-order valence-electron chi connectivity index (χ1n) is 18.0. The molecular weight excluding hydrogens is 681 g/mol. The van der Waals surface area contributed by atoms with E-state index in [1.165, 1.54) is 5.56 Å². The van der Waals surface area contributed by atoms with Gasteiger partial charge < -0.3 is 13.7 Å². The second-order valence-electron chi connectivity index (χ2n) is 13.6. The number of para-hydroxylation sites is 1. The second-order valence-corrected chi connectivity index (χ2v) is 14.6. The molecule has 0 bridgehead atoms. The van der Waals surface area contributed by atoms with Crippen LogP contribution in [0.25, 0.3) is 86.9 Å². The van der Waals surface area contributed by atoms with Crippen LogP contribution >= 0.6 is 11.3 Å². The lowest BCUT2D eigenvalue weighted by atomic mass is 10.0. The van der Waals surface area contributed by atoms with E-state index in [0.717, 1.165) is 98.4 Å². The Bertz CT molecular complexity index is 3160. The minimum Gasteiger partial charge on any atom is -0.456 e. The van der Waals surface area contributed by atoms with Gasteiger partial charge >= 0.3 is 0 Å². The van der Waals surface area contributed by atoms with Crippen molar-refractivity contribution in [2.45, 2.75) is 0 Å². The lowest BCUT2D eigenvalue weighted by Gasteiger charge is -2.26. The predicted molar refractivity (Wildman–Crippen MR) is 225 cm³/mol. The van der Waals surface area contributed by atoms with Crippen molar-refractivity contribution >= 4 is 82.5 Å². The van der Waals surface area contributed by atoms with Crippen molar-refractivity contribution in [2.75, 3.05) is 4.90 Å². The molecule has 11 rings (SSSR count). The molecule has 0 saturated carbocycles. The van der Waals surface area contributed by atoms with Crippen LogP contribution in [0.2, 0.25) is 0 Å². The third kappa shape index (κ3) is 5.09. The molecule has 0 radical (unpaired) electrons. The van der Waals surface area contributed by atoms with Crippen LogP contribution < -0.4 is 4.90 Å². The Morgan fingerprint density at radius 2 is 1.00 bits per heavy atom. The molecule has 3 aromatic heterocycles. The molecule has 0 aliphatic carbocycles. The first-order valence-corrected chi connectivity index (χ1v) is 18.8. The Morgan fingerprint density at radius 1 is 0.389 bits per heavy atom. The van der Waals surface area contributed by atoms with Crippen molar-refractivity contribution in [3.8, 4) is 32.8 Å². The molecule has 11 aromatic rings. The highest BCUT2D eigenvalue weighted by molar-refractivity contribution is 7.21. The zero-order valence-corrected chi connectivity index (χ0v) is 29.8. The molecule has 0 N–H and O–H groups in total. The Morgan fingerprint density at radius 3 is 1.85 bits per heavy atom. The van der Waals surface area contributed by atoms with Crippen molar-refractivity contribution in [3.63, 3.8) is 0 Å². The summed E-state index contributed by atoms with van der Waals surface area (Å²) < 4.78 is 13.9. The Hall–Kier alpha value is -6.95. The van der Waals surface area contributed by atoms with Crippen LogP contribution in [-0.2, 0) is 0 Å².